The minimum atomic E-state index is -2.59. The average molecular weight is 304 g/mol. The Morgan fingerprint density at radius 3 is 1.35 bits per heavy atom. The molecule has 2 saturated carbocycles. The maximum atomic E-state index is 10.1. The molecule has 2 aliphatic carbocycles. The lowest BCUT2D eigenvalue weighted by Gasteiger charge is -2.32. The van der Waals surface area contributed by atoms with Gasteiger partial charge in [-0.2, -0.15) is 0 Å². The van der Waals surface area contributed by atoms with Crippen molar-refractivity contribution in [2.24, 2.45) is 11.8 Å². The van der Waals surface area contributed by atoms with Crippen molar-refractivity contribution in [2.75, 3.05) is 14.2 Å². The highest BCUT2D eigenvalue weighted by Gasteiger charge is 2.24. The molecule has 0 saturated heterocycles. The van der Waals surface area contributed by atoms with Gasteiger partial charge in [0, 0.05) is 0 Å². The van der Waals surface area contributed by atoms with E-state index in [1.807, 2.05) is 0 Å². The van der Waals surface area contributed by atoms with E-state index in [0.717, 1.165) is 11.8 Å². The summed E-state index contributed by atoms with van der Waals surface area (Å²) in [7, 11) is -0.138. The Morgan fingerprint density at radius 1 is 0.700 bits per heavy atom. The molecule has 0 aromatic carbocycles. The zero-order chi connectivity index (χ0) is 14.6. The second-order valence-corrected chi connectivity index (χ2v) is 6.38. The lowest BCUT2D eigenvalue weighted by atomic mass is 9.73. The predicted molar refractivity (Wildman–Crippen MR) is 75.8 cm³/mol. The number of hydrogen-bond acceptors (Lipinski definition) is 5. The fraction of sp³-hybridized carbons (Fsp3) is 1.00. The van der Waals surface area contributed by atoms with Crippen molar-refractivity contribution in [3.8, 4) is 0 Å². The second-order valence-electron chi connectivity index (χ2n) is 5.55. The van der Waals surface area contributed by atoms with Gasteiger partial charge in [0.05, 0.1) is 14.2 Å². The Bertz CT molecular complexity index is 226. The first-order chi connectivity index (χ1) is 9.77. The largest absolute Gasteiger partial charge is 0.834 e. The summed E-state index contributed by atoms with van der Waals surface area (Å²) >= 11 is 0. The molecule has 0 aromatic rings. The van der Waals surface area contributed by atoms with E-state index < -0.39 is 9.17 Å². The van der Waals surface area contributed by atoms with Crippen molar-refractivity contribution >= 4 is 9.17 Å². The molecule has 118 valence electrons. The number of rotatable bonds is 5. The quantitative estimate of drug-likeness (QED) is 0.440. The van der Waals surface area contributed by atoms with Crippen LogP contribution in [-0.4, -0.2) is 23.4 Å². The molecule has 2 fully saturated rings. The highest BCUT2D eigenvalue weighted by atomic mass is 28.3. The standard InChI is InChI=1S/C12H22.C2H6O5Si/c1-3-7-11(8-4-1)12-9-5-2-6-10-12;1-4-6-8(3)7-5-2/h11-12H,1-10H2;1-2H3. The highest BCUT2D eigenvalue weighted by Crippen LogP contribution is 2.37. The number of hydrogen-bond donors (Lipinski definition) is 0. The fourth-order valence-electron chi connectivity index (χ4n) is 3.36. The molecule has 0 N–H and O–H groups in total. The molecule has 0 atom stereocenters. The van der Waals surface area contributed by atoms with Crippen molar-refractivity contribution in [3.05, 3.63) is 0 Å². The van der Waals surface area contributed by atoms with Crippen LogP contribution < -0.4 is 0 Å². The predicted octanol–water partition coefficient (Wildman–Crippen LogP) is 3.70. The molecular formula is C14H28O5Si. The molecule has 0 unspecified atom stereocenters. The van der Waals surface area contributed by atoms with Gasteiger partial charge in [0.1, 0.15) is 0 Å². The van der Waals surface area contributed by atoms with Gasteiger partial charge in [0.2, 0.25) is 0 Å². The first kappa shape index (κ1) is 17.6. The monoisotopic (exact) mass is 304 g/mol. The Labute approximate surface area is 123 Å². The zero-order valence-electron chi connectivity index (χ0n) is 12.8. The zero-order valence-corrected chi connectivity index (χ0v) is 13.8. The maximum absolute atomic E-state index is 10.1. The van der Waals surface area contributed by atoms with Gasteiger partial charge in [-0.15, -0.1) is 0 Å². The molecule has 20 heavy (non-hydrogen) atoms. The van der Waals surface area contributed by atoms with E-state index in [0.29, 0.717) is 0 Å². The molecule has 0 spiro atoms. The van der Waals surface area contributed by atoms with Crippen LogP contribution in [0.3, 0.4) is 0 Å². The van der Waals surface area contributed by atoms with Gasteiger partial charge in [-0.3, -0.25) is 4.46 Å². The van der Waals surface area contributed by atoms with Crippen molar-refractivity contribution in [2.45, 2.75) is 64.2 Å². The van der Waals surface area contributed by atoms with Crippen LogP contribution in [0.4, 0.5) is 0 Å². The average Bonchev–Trinajstić information content (AvgIpc) is 2.50. The first-order valence-electron chi connectivity index (χ1n) is 7.73. The Balaban J connectivity index is 0.000000221. The van der Waals surface area contributed by atoms with Gasteiger partial charge in [0.25, 0.3) is 0 Å². The molecule has 0 radical (unpaired) electrons. The van der Waals surface area contributed by atoms with Gasteiger partial charge in [0.15, 0.2) is 0 Å². The van der Waals surface area contributed by atoms with E-state index in [2.05, 4.69) is 18.9 Å². The third-order valence-corrected chi connectivity index (χ3v) is 4.87. The maximum Gasteiger partial charge on any atom is 0.834 e. The SMILES string of the molecule is C1CCC(C2CCCCC2)CC1.COO[Si](=O)OOC. The third kappa shape index (κ3) is 7.35. The van der Waals surface area contributed by atoms with Crippen molar-refractivity contribution in [1.29, 1.82) is 0 Å². The molecule has 0 amide bonds. The molecule has 2 aliphatic rings. The van der Waals surface area contributed by atoms with Crippen LogP contribution >= 0.6 is 0 Å². The van der Waals surface area contributed by atoms with Crippen molar-refractivity contribution < 1.29 is 23.4 Å². The summed E-state index contributed by atoms with van der Waals surface area (Å²) in [6.07, 6.45) is 15.4. The molecule has 0 aromatic heterocycles. The topological polar surface area (TPSA) is 54.0 Å². The van der Waals surface area contributed by atoms with E-state index >= 15 is 0 Å². The van der Waals surface area contributed by atoms with Gasteiger partial charge < -0.3 is 9.15 Å². The fourth-order valence-corrected chi connectivity index (χ4v) is 3.66. The van der Waals surface area contributed by atoms with E-state index in [1.54, 1.807) is 25.7 Å². The molecule has 0 aliphatic heterocycles. The second kappa shape index (κ2) is 11.2. The van der Waals surface area contributed by atoms with Crippen molar-refractivity contribution in [3.63, 3.8) is 0 Å². The molecule has 5 nitrogen and oxygen atoms in total. The van der Waals surface area contributed by atoms with Gasteiger partial charge >= 0.3 is 9.17 Å². The minimum absolute atomic E-state index is 1.14. The first-order valence-corrected chi connectivity index (χ1v) is 8.95. The molecular weight excluding hydrogens is 276 g/mol. The lowest BCUT2D eigenvalue weighted by Crippen LogP contribution is -2.20. The van der Waals surface area contributed by atoms with Crippen LogP contribution in [0, 0.1) is 11.8 Å². The van der Waals surface area contributed by atoms with Crippen LogP contribution in [0.5, 0.6) is 0 Å². The van der Waals surface area contributed by atoms with Gasteiger partial charge in [-0.05, 0) is 11.8 Å². The Hall–Kier alpha value is -0.463. The summed E-state index contributed by atoms with van der Waals surface area (Å²) in [5, 5.41) is 0. The molecule has 0 heterocycles. The van der Waals surface area contributed by atoms with Gasteiger partial charge in [-0.25, -0.2) is 9.78 Å². The summed E-state index contributed by atoms with van der Waals surface area (Å²) in [6.45, 7) is 0. The molecule has 0 bridgehead atoms. The Morgan fingerprint density at radius 2 is 1.05 bits per heavy atom. The van der Waals surface area contributed by atoms with E-state index in [4.69, 9.17) is 0 Å². The third-order valence-electron chi connectivity index (χ3n) is 4.27. The smallest absolute Gasteiger partial charge is 0.327 e. The van der Waals surface area contributed by atoms with Gasteiger partial charge in [-0.1, -0.05) is 64.2 Å². The van der Waals surface area contributed by atoms with E-state index in [-0.39, 0.29) is 0 Å². The van der Waals surface area contributed by atoms with Crippen LogP contribution in [-0.2, 0) is 23.4 Å². The van der Waals surface area contributed by atoms with Crippen molar-refractivity contribution in [1.82, 2.24) is 0 Å². The van der Waals surface area contributed by atoms with Crippen LogP contribution in [0.1, 0.15) is 64.2 Å². The van der Waals surface area contributed by atoms with E-state index in [9.17, 15) is 4.46 Å². The minimum Gasteiger partial charge on any atom is -0.327 e. The van der Waals surface area contributed by atoms with Crippen LogP contribution in [0.2, 0.25) is 0 Å². The summed E-state index contributed by atoms with van der Waals surface area (Å²) in [5.41, 5.74) is 0. The van der Waals surface area contributed by atoms with Crippen LogP contribution in [0.25, 0.3) is 0 Å². The van der Waals surface area contributed by atoms with E-state index in [1.165, 1.54) is 52.7 Å². The summed E-state index contributed by atoms with van der Waals surface area (Å²) in [5.74, 6) is 2.28. The summed E-state index contributed by atoms with van der Waals surface area (Å²) in [4.78, 5) is 7.97. The van der Waals surface area contributed by atoms with Crippen LogP contribution in [0.15, 0.2) is 0 Å². The normalized spacial score (nSPS) is 20.7. The lowest BCUT2D eigenvalue weighted by molar-refractivity contribution is -0.262. The molecule has 6 heteroatoms. The summed E-state index contributed by atoms with van der Waals surface area (Å²) < 4.78 is 18.1. The Kier molecular flexibility index (Phi) is 9.87. The highest BCUT2D eigenvalue weighted by molar-refractivity contribution is 6.25. The molecule has 2 rings (SSSR count). The summed E-state index contributed by atoms with van der Waals surface area (Å²) in [6, 6.07) is 0.